The largest absolute Gasteiger partial charge is 0.356 e. The minimum absolute atomic E-state index is 0. The van der Waals surface area contributed by atoms with E-state index in [4.69, 9.17) is 0 Å². The van der Waals surface area contributed by atoms with Gasteiger partial charge in [-0.25, -0.2) is 0 Å². The van der Waals surface area contributed by atoms with Crippen LogP contribution in [-0.2, 0) is 13.6 Å². The lowest BCUT2D eigenvalue weighted by atomic mass is 10.1. The fourth-order valence-electron chi connectivity index (χ4n) is 3.68. The normalized spacial score (nSPS) is 17.5. The quantitative estimate of drug-likeness (QED) is 0.350. The number of halogens is 1. The molecular weight excluding hydrogens is 465 g/mol. The minimum Gasteiger partial charge on any atom is -0.356 e. The Kier molecular flexibility index (Phi) is 10.8. The standard InChI is InChI=1S/C20H39N7.HI/c1-16(2)19-18(15-26(7)23-19)14-25(6)20(21-4)22-12-17(3)13-27-10-8-24(5)9-11-27;/h15-17H,8-14H2,1-7H3,(H,21,22);1H. The number of guanidine groups is 1. The Labute approximate surface area is 188 Å². The van der Waals surface area contributed by atoms with Crippen LogP contribution in [0.25, 0.3) is 0 Å². The molecule has 1 aromatic rings. The molecule has 2 heterocycles. The zero-order valence-electron chi connectivity index (χ0n) is 18.8. The van der Waals surface area contributed by atoms with Gasteiger partial charge in [0.15, 0.2) is 5.96 Å². The van der Waals surface area contributed by atoms with Crippen LogP contribution in [0.4, 0.5) is 0 Å². The van der Waals surface area contributed by atoms with Gasteiger partial charge in [-0.3, -0.25) is 9.67 Å². The first-order valence-electron chi connectivity index (χ1n) is 10.1. The van der Waals surface area contributed by atoms with Gasteiger partial charge >= 0.3 is 0 Å². The fraction of sp³-hybridized carbons (Fsp3) is 0.800. The summed E-state index contributed by atoms with van der Waals surface area (Å²) in [6.45, 7) is 14.3. The predicted molar refractivity (Wildman–Crippen MR) is 129 cm³/mol. The van der Waals surface area contributed by atoms with E-state index in [-0.39, 0.29) is 24.0 Å². The second-order valence-electron chi connectivity index (χ2n) is 8.36. The van der Waals surface area contributed by atoms with Gasteiger partial charge in [-0.2, -0.15) is 5.10 Å². The van der Waals surface area contributed by atoms with Crippen LogP contribution in [0.1, 0.15) is 37.9 Å². The van der Waals surface area contributed by atoms with E-state index in [0.29, 0.717) is 11.8 Å². The molecule has 1 atom stereocenters. The van der Waals surface area contributed by atoms with Crippen molar-refractivity contribution in [3.05, 3.63) is 17.5 Å². The highest BCUT2D eigenvalue weighted by molar-refractivity contribution is 14.0. The maximum Gasteiger partial charge on any atom is 0.193 e. The zero-order chi connectivity index (χ0) is 20.0. The number of hydrogen-bond acceptors (Lipinski definition) is 4. The minimum atomic E-state index is 0. The van der Waals surface area contributed by atoms with Crippen LogP contribution in [0, 0.1) is 5.92 Å². The van der Waals surface area contributed by atoms with Crippen molar-refractivity contribution in [2.45, 2.75) is 33.2 Å². The molecule has 0 radical (unpaired) electrons. The number of aromatic nitrogens is 2. The van der Waals surface area contributed by atoms with Gasteiger partial charge in [-0.05, 0) is 18.9 Å². The Hall–Kier alpha value is -0.870. The van der Waals surface area contributed by atoms with Crippen molar-refractivity contribution in [2.24, 2.45) is 18.0 Å². The number of piperazine rings is 1. The molecule has 2 rings (SSSR count). The molecule has 0 bridgehead atoms. The fourth-order valence-corrected chi connectivity index (χ4v) is 3.68. The molecule has 1 saturated heterocycles. The van der Waals surface area contributed by atoms with Crippen LogP contribution in [0.15, 0.2) is 11.2 Å². The number of likely N-dealkylation sites (N-methyl/N-ethyl adjacent to an activating group) is 1. The first-order chi connectivity index (χ1) is 12.8. The van der Waals surface area contributed by atoms with E-state index in [1.54, 1.807) is 0 Å². The van der Waals surface area contributed by atoms with E-state index >= 15 is 0 Å². The van der Waals surface area contributed by atoms with E-state index in [9.17, 15) is 0 Å². The van der Waals surface area contributed by atoms with Crippen LogP contribution in [-0.4, -0.2) is 90.9 Å². The Morgan fingerprint density at radius 2 is 1.86 bits per heavy atom. The van der Waals surface area contributed by atoms with Crippen LogP contribution in [0.5, 0.6) is 0 Å². The zero-order valence-corrected chi connectivity index (χ0v) is 21.1. The summed E-state index contributed by atoms with van der Waals surface area (Å²) in [5.74, 6) is 1.95. The summed E-state index contributed by atoms with van der Waals surface area (Å²) in [4.78, 5) is 11.6. The van der Waals surface area contributed by atoms with Gasteiger partial charge in [0.1, 0.15) is 0 Å². The number of nitrogens with zero attached hydrogens (tertiary/aromatic N) is 6. The lowest BCUT2D eigenvalue weighted by Gasteiger charge is -2.34. The molecule has 7 nitrogen and oxygen atoms in total. The molecule has 0 aromatic carbocycles. The maximum absolute atomic E-state index is 4.61. The predicted octanol–water partition coefficient (Wildman–Crippen LogP) is 2.05. The van der Waals surface area contributed by atoms with Crippen molar-refractivity contribution >= 4 is 29.9 Å². The highest BCUT2D eigenvalue weighted by Crippen LogP contribution is 2.18. The Balaban J connectivity index is 0.00000392. The molecule has 1 N–H and O–H groups in total. The first-order valence-corrected chi connectivity index (χ1v) is 10.1. The van der Waals surface area contributed by atoms with Crippen molar-refractivity contribution in [3.63, 3.8) is 0 Å². The first kappa shape index (κ1) is 25.2. The number of hydrogen-bond donors (Lipinski definition) is 1. The van der Waals surface area contributed by atoms with Crippen molar-refractivity contribution in [1.29, 1.82) is 0 Å². The van der Waals surface area contributed by atoms with Crippen LogP contribution < -0.4 is 5.32 Å². The van der Waals surface area contributed by atoms with Crippen molar-refractivity contribution in [1.82, 2.24) is 29.8 Å². The van der Waals surface area contributed by atoms with Gasteiger partial charge in [-0.1, -0.05) is 20.8 Å². The van der Waals surface area contributed by atoms with E-state index < -0.39 is 0 Å². The summed E-state index contributed by atoms with van der Waals surface area (Å²) in [6, 6.07) is 0. The number of rotatable bonds is 7. The summed E-state index contributed by atoms with van der Waals surface area (Å²) in [5, 5.41) is 8.17. The van der Waals surface area contributed by atoms with Crippen molar-refractivity contribution in [3.8, 4) is 0 Å². The third-order valence-electron chi connectivity index (χ3n) is 5.24. The monoisotopic (exact) mass is 505 g/mol. The molecule has 1 unspecified atom stereocenters. The molecule has 8 heteroatoms. The van der Waals surface area contributed by atoms with E-state index in [1.807, 2.05) is 18.8 Å². The molecule has 1 aliphatic heterocycles. The van der Waals surface area contributed by atoms with Gasteiger partial charge in [-0.15, -0.1) is 24.0 Å². The smallest absolute Gasteiger partial charge is 0.193 e. The average Bonchev–Trinajstić information content (AvgIpc) is 2.98. The molecule has 1 fully saturated rings. The van der Waals surface area contributed by atoms with Gasteiger partial charge in [0.2, 0.25) is 0 Å². The highest BCUT2D eigenvalue weighted by Gasteiger charge is 2.18. The summed E-state index contributed by atoms with van der Waals surface area (Å²) in [5.41, 5.74) is 2.44. The molecule has 0 saturated carbocycles. The van der Waals surface area contributed by atoms with Crippen molar-refractivity contribution in [2.75, 3.05) is 60.4 Å². The molecule has 1 aliphatic rings. The molecule has 0 amide bonds. The lowest BCUT2D eigenvalue weighted by Crippen LogP contribution is -2.47. The molecule has 0 spiro atoms. The van der Waals surface area contributed by atoms with Crippen LogP contribution >= 0.6 is 24.0 Å². The molecule has 162 valence electrons. The summed E-state index contributed by atoms with van der Waals surface area (Å²) in [7, 11) is 8.14. The molecule has 1 aromatic heterocycles. The van der Waals surface area contributed by atoms with Gasteiger partial charge in [0.05, 0.1) is 5.69 Å². The SMILES string of the molecule is CN=C(NCC(C)CN1CCN(C)CC1)N(C)Cc1cn(C)nc1C(C)C.I. The van der Waals surface area contributed by atoms with Crippen LogP contribution in [0.3, 0.4) is 0 Å². The maximum atomic E-state index is 4.61. The molecule has 28 heavy (non-hydrogen) atoms. The third-order valence-corrected chi connectivity index (χ3v) is 5.24. The number of nitrogens with one attached hydrogen (secondary N) is 1. The Bertz CT molecular complexity index is 606. The third kappa shape index (κ3) is 7.51. The van der Waals surface area contributed by atoms with Gasteiger partial charge < -0.3 is 20.0 Å². The summed E-state index contributed by atoms with van der Waals surface area (Å²) < 4.78 is 1.91. The lowest BCUT2D eigenvalue weighted by molar-refractivity contribution is 0.139. The van der Waals surface area contributed by atoms with Gasteiger partial charge in [0.25, 0.3) is 0 Å². The molecule has 0 aliphatic carbocycles. The Morgan fingerprint density at radius 1 is 1.21 bits per heavy atom. The van der Waals surface area contributed by atoms with Crippen LogP contribution in [0.2, 0.25) is 0 Å². The second kappa shape index (κ2) is 12.0. The molecular formula is C20H40IN7. The van der Waals surface area contributed by atoms with Crippen molar-refractivity contribution < 1.29 is 0 Å². The Morgan fingerprint density at radius 3 is 2.43 bits per heavy atom. The highest BCUT2D eigenvalue weighted by atomic mass is 127. The van der Waals surface area contributed by atoms with E-state index in [2.05, 4.69) is 71.2 Å². The second-order valence-corrected chi connectivity index (χ2v) is 8.36. The van der Waals surface area contributed by atoms with E-state index in [1.165, 1.54) is 37.4 Å². The summed E-state index contributed by atoms with van der Waals surface area (Å²) >= 11 is 0. The topological polar surface area (TPSA) is 51.9 Å². The number of aliphatic imine (C=N–C) groups is 1. The summed E-state index contributed by atoms with van der Waals surface area (Å²) in [6.07, 6.45) is 2.12. The number of aryl methyl sites for hydroxylation is 1. The van der Waals surface area contributed by atoms with E-state index in [0.717, 1.165) is 25.6 Å². The average molecular weight is 505 g/mol. The van der Waals surface area contributed by atoms with Gasteiger partial charge in [0, 0.05) is 78.7 Å².